The highest BCUT2D eigenvalue weighted by molar-refractivity contribution is 9.10. The molecule has 0 saturated carbocycles. The molecule has 0 aliphatic heterocycles. The Morgan fingerprint density at radius 3 is 2.30 bits per heavy atom. The van der Waals surface area contributed by atoms with Crippen LogP contribution in [-0.2, 0) is 32.6 Å². The summed E-state index contributed by atoms with van der Waals surface area (Å²) >= 11 is 9.78. The number of benzene rings is 4. The van der Waals surface area contributed by atoms with Crippen LogP contribution in [-0.4, -0.2) is 55.8 Å². The highest BCUT2D eigenvalue weighted by Crippen LogP contribution is 2.36. The van der Waals surface area contributed by atoms with Gasteiger partial charge in [-0.25, -0.2) is 8.42 Å². The van der Waals surface area contributed by atoms with Crippen molar-refractivity contribution >= 4 is 60.7 Å². The summed E-state index contributed by atoms with van der Waals surface area (Å²) in [5.74, 6) is -1.03. The summed E-state index contributed by atoms with van der Waals surface area (Å²) in [6.07, 6.45) is 0.788. The van der Waals surface area contributed by atoms with Crippen LogP contribution in [0.1, 0.15) is 37.0 Å². The summed E-state index contributed by atoms with van der Waals surface area (Å²) in [4.78, 5) is 40.8. The number of rotatable bonds is 15. The number of amides is 2. The van der Waals surface area contributed by atoms with Crippen molar-refractivity contribution in [2.45, 2.75) is 57.1 Å². The average molecular weight is 786 g/mol. The number of carbonyl (C=O) groups is 2. The number of sulfonamides is 1. The number of hydrogen-bond acceptors (Lipinski definition) is 7. The molecule has 50 heavy (non-hydrogen) atoms. The highest BCUT2D eigenvalue weighted by atomic mass is 79.9. The molecule has 0 spiro atoms. The number of nitro benzene ring substituents is 1. The lowest BCUT2D eigenvalue weighted by molar-refractivity contribution is -0.385. The normalized spacial score (nSPS) is 12.4. The molecule has 11 nitrogen and oxygen atoms in total. The number of methoxy groups -OCH3 is 1. The minimum absolute atomic E-state index is 0.0336. The number of anilines is 1. The van der Waals surface area contributed by atoms with Crippen molar-refractivity contribution < 1.29 is 27.7 Å². The van der Waals surface area contributed by atoms with E-state index in [2.05, 4.69) is 21.2 Å². The number of halogens is 2. The third-order valence-corrected chi connectivity index (χ3v) is 10.7. The van der Waals surface area contributed by atoms with E-state index in [4.69, 9.17) is 16.3 Å². The Labute approximate surface area is 305 Å². The Bertz CT molecular complexity index is 1950. The molecular formula is C36H38BrClN4O7S. The first-order chi connectivity index (χ1) is 23.7. The predicted molar refractivity (Wildman–Crippen MR) is 197 cm³/mol. The van der Waals surface area contributed by atoms with Gasteiger partial charge in [0.1, 0.15) is 18.3 Å². The summed E-state index contributed by atoms with van der Waals surface area (Å²) in [7, 11) is -3.34. The van der Waals surface area contributed by atoms with Gasteiger partial charge in [-0.3, -0.25) is 24.0 Å². The monoisotopic (exact) mass is 784 g/mol. The average Bonchev–Trinajstić information content (AvgIpc) is 3.09. The third-order valence-electron chi connectivity index (χ3n) is 8.19. The summed E-state index contributed by atoms with van der Waals surface area (Å²) < 4.78 is 36.1. The molecule has 0 saturated heterocycles. The van der Waals surface area contributed by atoms with Gasteiger partial charge in [0.15, 0.2) is 0 Å². The van der Waals surface area contributed by atoms with E-state index in [-0.39, 0.29) is 41.0 Å². The largest absolute Gasteiger partial charge is 0.495 e. The topological polar surface area (TPSA) is 139 Å². The fourth-order valence-corrected chi connectivity index (χ4v) is 7.09. The second-order valence-electron chi connectivity index (χ2n) is 11.7. The molecule has 0 bridgehead atoms. The predicted octanol–water partition coefficient (Wildman–Crippen LogP) is 7.08. The Hall–Kier alpha value is -4.46. The number of nitrogens with zero attached hydrogens (tertiary/aromatic N) is 3. The molecule has 0 aliphatic rings. The van der Waals surface area contributed by atoms with Crippen LogP contribution in [0, 0.1) is 17.0 Å². The van der Waals surface area contributed by atoms with Crippen molar-refractivity contribution in [2.75, 3.05) is 18.0 Å². The van der Waals surface area contributed by atoms with Crippen molar-refractivity contribution in [1.29, 1.82) is 0 Å². The molecule has 4 rings (SSSR count). The summed E-state index contributed by atoms with van der Waals surface area (Å²) in [5.41, 5.74) is 1.27. The molecule has 0 heterocycles. The summed E-state index contributed by atoms with van der Waals surface area (Å²) in [6, 6.07) is 23.0. The molecular weight excluding hydrogens is 748 g/mol. The van der Waals surface area contributed by atoms with Gasteiger partial charge in [-0.15, -0.1) is 0 Å². The van der Waals surface area contributed by atoms with Crippen LogP contribution in [0.3, 0.4) is 0 Å². The number of carbonyl (C=O) groups excluding carboxylic acids is 2. The molecule has 2 atom stereocenters. The molecule has 0 radical (unpaired) electrons. The van der Waals surface area contributed by atoms with Gasteiger partial charge in [0.25, 0.3) is 15.7 Å². The lowest BCUT2D eigenvalue weighted by Crippen LogP contribution is -2.54. The number of nitrogens with one attached hydrogen (secondary N) is 1. The van der Waals surface area contributed by atoms with Crippen LogP contribution in [0.5, 0.6) is 5.75 Å². The Morgan fingerprint density at radius 2 is 1.68 bits per heavy atom. The second-order valence-corrected chi connectivity index (χ2v) is 14.9. The highest BCUT2D eigenvalue weighted by Gasteiger charge is 2.36. The van der Waals surface area contributed by atoms with E-state index in [0.717, 1.165) is 20.4 Å². The maximum absolute atomic E-state index is 14.7. The van der Waals surface area contributed by atoms with E-state index in [9.17, 15) is 28.1 Å². The summed E-state index contributed by atoms with van der Waals surface area (Å²) in [6.45, 7) is 4.46. The zero-order chi connectivity index (χ0) is 36.6. The minimum Gasteiger partial charge on any atom is -0.495 e. The lowest BCUT2D eigenvalue weighted by Gasteiger charge is -2.34. The lowest BCUT2D eigenvalue weighted by atomic mass is 10.0. The quantitative estimate of drug-likeness (QED) is 0.100. The molecule has 2 amide bonds. The van der Waals surface area contributed by atoms with Gasteiger partial charge in [-0.05, 0) is 67.8 Å². The Morgan fingerprint density at radius 1 is 1.00 bits per heavy atom. The zero-order valence-corrected chi connectivity index (χ0v) is 31.2. The van der Waals surface area contributed by atoms with E-state index < -0.39 is 49.9 Å². The van der Waals surface area contributed by atoms with Crippen LogP contribution in [0.15, 0.2) is 100 Å². The molecule has 4 aromatic carbocycles. The van der Waals surface area contributed by atoms with Crippen LogP contribution < -0.4 is 14.4 Å². The van der Waals surface area contributed by atoms with Crippen LogP contribution in [0.2, 0.25) is 5.02 Å². The molecule has 0 unspecified atom stereocenters. The first-order valence-electron chi connectivity index (χ1n) is 15.7. The summed E-state index contributed by atoms with van der Waals surface area (Å²) in [5, 5.41) is 14.9. The van der Waals surface area contributed by atoms with Gasteiger partial charge in [0.05, 0.1) is 22.6 Å². The van der Waals surface area contributed by atoms with Crippen molar-refractivity contribution in [3.05, 3.63) is 127 Å². The van der Waals surface area contributed by atoms with Crippen LogP contribution in [0.4, 0.5) is 11.4 Å². The van der Waals surface area contributed by atoms with E-state index in [1.165, 1.54) is 49.3 Å². The smallest absolute Gasteiger partial charge is 0.273 e. The number of nitro groups is 1. The van der Waals surface area contributed by atoms with Gasteiger partial charge < -0.3 is 15.0 Å². The third kappa shape index (κ3) is 9.40. The standard InChI is InChI=1S/C36H38BrClN4O7S/c1-5-25(3)39-36(44)33(19-26-9-7-6-8-10-26)40(22-27-12-14-28(37)15-13-27)35(43)23-41(32-20-29(38)16-18-34(32)49-4)50(47,48)30-17-11-24(2)31(21-30)42(45)46/h6-18,20-21,25,33H,5,19,22-23H2,1-4H3,(H,39,44)/t25-,33-/m1/s1. The van der Waals surface area contributed by atoms with E-state index in [1.54, 1.807) is 24.3 Å². The molecule has 0 aliphatic carbocycles. The van der Waals surface area contributed by atoms with E-state index in [1.807, 2.05) is 44.2 Å². The van der Waals surface area contributed by atoms with Crippen molar-refractivity contribution in [3.8, 4) is 5.75 Å². The van der Waals surface area contributed by atoms with Gasteiger partial charge >= 0.3 is 0 Å². The van der Waals surface area contributed by atoms with E-state index in [0.29, 0.717) is 12.0 Å². The maximum Gasteiger partial charge on any atom is 0.273 e. The maximum atomic E-state index is 14.7. The number of hydrogen-bond donors (Lipinski definition) is 1. The van der Waals surface area contributed by atoms with Crippen LogP contribution >= 0.6 is 27.5 Å². The molecule has 4 aromatic rings. The molecule has 0 aromatic heterocycles. The van der Waals surface area contributed by atoms with Gasteiger partial charge in [0, 0.05) is 40.1 Å². The van der Waals surface area contributed by atoms with Gasteiger partial charge in [0.2, 0.25) is 11.8 Å². The van der Waals surface area contributed by atoms with E-state index >= 15 is 0 Å². The second kappa shape index (κ2) is 17.0. The SMILES string of the molecule is CC[C@@H](C)NC(=O)[C@@H](Cc1ccccc1)N(Cc1ccc(Br)cc1)C(=O)CN(c1cc(Cl)ccc1OC)S(=O)(=O)c1ccc(C)c([N+](=O)[O-])c1. The fraction of sp³-hybridized carbons (Fsp3) is 0.278. The van der Waals surface area contributed by atoms with Gasteiger partial charge in [-0.1, -0.05) is 83.0 Å². The zero-order valence-electron chi connectivity index (χ0n) is 28.0. The number of aryl methyl sites for hydroxylation is 1. The van der Waals surface area contributed by atoms with Crippen molar-refractivity contribution in [1.82, 2.24) is 10.2 Å². The fourth-order valence-electron chi connectivity index (χ4n) is 5.23. The molecule has 14 heteroatoms. The molecule has 1 N–H and O–H groups in total. The van der Waals surface area contributed by atoms with Crippen LogP contribution in [0.25, 0.3) is 0 Å². The first-order valence-corrected chi connectivity index (χ1v) is 18.4. The first kappa shape index (κ1) is 38.3. The van der Waals surface area contributed by atoms with Crippen molar-refractivity contribution in [3.63, 3.8) is 0 Å². The number of ether oxygens (including phenoxy) is 1. The minimum atomic E-state index is -4.68. The molecule has 264 valence electrons. The van der Waals surface area contributed by atoms with Crippen molar-refractivity contribution in [2.24, 2.45) is 0 Å². The Balaban J connectivity index is 1.89. The Kier molecular flexibility index (Phi) is 13.0. The van der Waals surface area contributed by atoms with Gasteiger partial charge in [-0.2, -0.15) is 0 Å². The molecule has 0 fully saturated rings.